The van der Waals surface area contributed by atoms with E-state index in [9.17, 15) is 9.59 Å². The van der Waals surface area contributed by atoms with E-state index in [4.69, 9.17) is 10.5 Å². The molecule has 4 heterocycles. The first kappa shape index (κ1) is 21.9. The summed E-state index contributed by atoms with van der Waals surface area (Å²) in [6.07, 6.45) is 5.83. The molecule has 0 bridgehead atoms. The van der Waals surface area contributed by atoms with Crippen LogP contribution in [-0.4, -0.2) is 39.2 Å². The van der Waals surface area contributed by atoms with Crippen LogP contribution >= 0.6 is 11.8 Å². The molecule has 0 spiro atoms. The number of hydrogen-bond acceptors (Lipinski definition) is 7. The number of rotatable bonds is 5. The standard InChI is InChI=1S/C25H24N6O3S/c26-14-6-7-15(12-14)29-23(32)22-21-20-18(10-11-27-24(20)35-22)31(25(33)30-21)16-8-9-19(28-13-16)34-17-4-2-1-3-5-17/h1-5,8-11,13-15,21-22H,6-7,12,26H2,(H,29,32)(H,30,33)/t14?,15?,21-,22+/m0/s1. The van der Waals surface area contributed by atoms with Crippen LogP contribution in [0, 0.1) is 0 Å². The molecule has 10 heteroatoms. The average Bonchev–Trinajstić information content (AvgIpc) is 3.44. The van der Waals surface area contributed by atoms with Gasteiger partial charge in [0.1, 0.15) is 16.0 Å². The van der Waals surface area contributed by atoms with E-state index >= 15 is 0 Å². The number of amides is 3. The largest absolute Gasteiger partial charge is 0.439 e. The number of carbonyl (C=O) groups is 2. The first-order valence-corrected chi connectivity index (χ1v) is 12.5. The van der Waals surface area contributed by atoms with E-state index in [-0.39, 0.29) is 24.0 Å². The Morgan fingerprint density at radius 3 is 2.74 bits per heavy atom. The molecule has 1 aromatic carbocycles. The maximum Gasteiger partial charge on any atom is 0.327 e. The van der Waals surface area contributed by atoms with Crippen molar-refractivity contribution in [2.24, 2.45) is 5.73 Å². The van der Waals surface area contributed by atoms with E-state index in [1.54, 1.807) is 35.5 Å². The first-order valence-electron chi connectivity index (χ1n) is 11.6. The summed E-state index contributed by atoms with van der Waals surface area (Å²) < 4.78 is 5.77. The molecule has 6 rings (SSSR count). The number of thioether (sulfide) groups is 1. The lowest BCUT2D eigenvalue weighted by Gasteiger charge is -2.34. The van der Waals surface area contributed by atoms with Crippen LogP contribution in [-0.2, 0) is 4.79 Å². The number of anilines is 2. The molecule has 1 aliphatic carbocycles. The van der Waals surface area contributed by atoms with Crippen molar-refractivity contribution in [2.45, 2.75) is 47.7 Å². The Hall–Kier alpha value is -3.63. The summed E-state index contributed by atoms with van der Waals surface area (Å²) in [6, 6.07) is 14.1. The van der Waals surface area contributed by atoms with Crippen molar-refractivity contribution in [2.75, 3.05) is 4.90 Å². The van der Waals surface area contributed by atoms with Crippen LogP contribution in [0.4, 0.5) is 16.2 Å². The van der Waals surface area contributed by atoms with Crippen molar-refractivity contribution < 1.29 is 14.3 Å². The number of urea groups is 1. The lowest BCUT2D eigenvalue weighted by molar-refractivity contribution is -0.121. The number of aromatic nitrogens is 2. The number of ether oxygens (including phenoxy) is 1. The average molecular weight is 489 g/mol. The van der Waals surface area contributed by atoms with Gasteiger partial charge in [-0.05, 0) is 43.5 Å². The number of nitrogens with two attached hydrogens (primary N) is 1. The van der Waals surface area contributed by atoms with Gasteiger partial charge >= 0.3 is 6.03 Å². The molecule has 4 N–H and O–H groups in total. The number of hydrogen-bond donors (Lipinski definition) is 3. The van der Waals surface area contributed by atoms with Crippen LogP contribution in [0.25, 0.3) is 0 Å². The van der Waals surface area contributed by atoms with E-state index in [1.165, 1.54) is 11.8 Å². The summed E-state index contributed by atoms with van der Waals surface area (Å²) in [7, 11) is 0. The van der Waals surface area contributed by atoms with Gasteiger partial charge in [-0.1, -0.05) is 30.0 Å². The van der Waals surface area contributed by atoms with Crippen molar-refractivity contribution >= 4 is 35.1 Å². The fraction of sp³-hybridized carbons (Fsp3) is 0.280. The molecule has 3 aliphatic rings. The number of carbonyl (C=O) groups excluding carboxylic acids is 2. The quantitative estimate of drug-likeness (QED) is 0.501. The zero-order valence-electron chi connectivity index (χ0n) is 18.8. The lowest BCUT2D eigenvalue weighted by Crippen LogP contribution is -2.50. The van der Waals surface area contributed by atoms with Gasteiger partial charge in [-0.3, -0.25) is 9.69 Å². The summed E-state index contributed by atoms with van der Waals surface area (Å²) in [5.74, 6) is 1.01. The van der Waals surface area contributed by atoms with Gasteiger partial charge in [-0.15, -0.1) is 0 Å². The molecule has 35 heavy (non-hydrogen) atoms. The fourth-order valence-electron chi connectivity index (χ4n) is 4.89. The van der Waals surface area contributed by atoms with Gasteiger partial charge in [0.15, 0.2) is 0 Å². The third-order valence-electron chi connectivity index (χ3n) is 6.53. The molecule has 1 fully saturated rings. The van der Waals surface area contributed by atoms with Crippen LogP contribution in [0.15, 0.2) is 66.0 Å². The van der Waals surface area contributed by atoms with Gasteiger partial charge in [0, 0.05) is 29.9 Å². The molecule has 4 atom stereocenters. The van der Waals surface area contributed by atoms with Crippen LogP contribution < -0.4 is 26.0 Å². The summed E-state index contributed by atoms with van der Waals surface area (Å²) in [4.78, 5) is 36.8. The number of nitrogens with zero attached hydrogens (tertiary/aromatic N) is 3. The van der Waals surface area contributed by atoms with Gasteiger partial charge < -0.3 is 21.1 Å². The first-order chi connectivity index (χ1) is 17.1. The Bertz CT molecular complexity index is 1270. The van der Waals surface area contributed by atoms with Crippen molar-refractivity contribution in [3.63, 3.8) is 0 Å². The highest BCUT2D eigenvalue weighted by Gasteiger charge is 2.47. The second-order valence-electron chi connectivity index (χ2n) is 8.90. The molecular formula is C25H24N6O3S. The van der Waals surface area contributed by atoms with Crippen LogP contribution in [0.1, 0.15) is 30.9 Å². The molecule has 3 aromatic rings. The number of nitrogens with one attached hydrogen (secondary N) is 2. The van der Waals surface area contributed by atoms with Crippen LogP contribution in [0.2, 0.25) is 0 Å². The van der Waals surface area contributed by atoms with Crippen molar-refractivity contribution in [3.8, 4) is 11.6 Å². The monoisotopic (exact) mass is 488 g/mol. The Balaban J connectivity index is 1.24. The molecule has 3 amide bonds. The highest BCUT2D eigenvalue weighted by Crippen LogP contribution is 2.50. The Kier molecular flexibility index (Phi) is 5.54. The number of para-hydroxylation sites is 1. The maximum absolute atomic E-state index is 13.3. The summed E-state index contributed by atoms with van der Waals surface area (Å²) in [5, 5.41) is 6.41. The molecule has 0 radical (unpaired) electrons. The highest BCUT2D eigenvalue weighted by molar-refractivity contribution is 8.01. The molecule has 2 aromatic heterocycles. The second kappa shape index (κ2) is 8.86. The van der Waals surface area contributed by atoms with Crippen LogP contribution in [0.3, 0.4) is 0 Å². The number of pyridine rings is 2. The topological polar surface area (TPSA) is 122 Å². The molecule has 0 saturated heterocycles. The third-order valence-corrected chi connectivity index (χ3v) is 7.82. The molecule has 1 saturated carbocycles. The summed E-state index contributed by atoms with van der Waals surface area (Å²) in [6.45, 7) is 0. The second-order valence-corrected chi connectivity index (χ2v) is 10.0. The van der Waals surface area contributed by atoms with E-state index in [0.717, 1.165) is 29.9 Å². The zero-order chi connectivity index (χ0) is 23.9. The Morgan fingerprint density at radius 2 is 2.00 bits per heavy atom. The normalized spacial score (nSPS) is 24.6. The van der Waals surface area contributed by atoms with Gasteiger partial charge in [0.25, 0.3) is 0 Å². The lowest BCUT2D eigenvalue weighted by atomic mass is 10.00. The predicted octanol–water partition coefficient (Wildman–Crippen LogP) is 3.64. The summed E-state index contributed by atoms with van der Waals surface area (Å²) >= 11 is 1.39. The van der Waals surface area contributed by atoms with Gasteiger partial charge in [0.05, 0.1) is 23.6 Å². The SMILES string of the molecule is NC1CCC(NC(=O)[C@@H]2Sc3nccc4c3[C@@H]2NC(=O)N4c2ccc(Oc3ccccc3)nc2)C1. The van der Waals surface area contributed by atoms with Gasteiger partial charge in [-0.25, -0.2) is 14.8 Å². The Morgan fingerprint density at radius 1 is 1.14 bits per heavy atom. The van der Waals surface area contributed by atoms with Gasteiger partial charge in [-0.2, -0.15) is 0 Å². The Labute approximate surface area is 206 Å². The molecule has 2 aliphatic heterocycles. The van der Waals surface area contributed by atoms with E-state index in [1.807, 2.05) is 30.3 Å². The maximum atomic E-state index is 13.3. The van der Waals surface area contributed by atoms with Crippen molar-refractivity contribution in [1.29, 1.82) is 0 Å². The van der Waals surface area contributed by atoms with E-state index in [0.29, 0.717) is 23.0 Å². The summed E-state index contributed by atoms with van der Waals surface area (Å²) in [5.41, 5.74) is 8.14. The molecule has 9 nitrogen and oxygen atoms in total. The van der Waals surface area contributed by atoms with Gasteiger partial charge in [0.2, 0.25) is 11.8 Å². The van der Waals surface area contributed by atoms with E-state index in [2.05, 4.69) is 20.6 Å². The smallest absolute Gasteiger partial charge is 0.327 e. The third kappa shape index (κ3) is 4.08. The van der Waals surface area contributed by atoms with Crippen LogP contribution in [0.5, 0.6) is 11.6 Å². The zero-order valence-corrected chi connectivity index (χ0v) is 19.6. The molecule has 178 valence electrons. The molecule has 2 unspecified atom stereocenters. The fourth-order valence-corrected chi connectivity index (χ4v) is 6.12. The minimum absolute atomic E-state index is 0.0766. The predicted molar refractivity (Wildman–Crippen MR) is 132 cm³/mol. The highest BCUT2D eigenvalue weighted by atomic mass is 32.2. The number of benzene rings is 1. The van der Waals surface area contributed by atoms with E-state index < -0.39 is 11.3 Å². The minimum atomic E-state index is -0.485. The molecular weight excluding hydrogens is 464 g/mol. The van der Waals surface area contributed by atoms with Crippen molar-refractivity contribution in [1.82, 2.24) is 20.6 Å². The van der Waals surface area contributed by atoms with Crippen molar-refractivity contribution in [3.05, 3.63) is 66.5 Å². The minimum Gasteiger partial charge on any atom is -0.439 e.